The van der Waals surface area contributed by atoms with Crippen LogP contribution < -0.4 is 11.1 Å². The Labute approximate surface area is 130 Å². The van der Waals surface area contributed by atoms with Crippen LogP contribution in [0.3, 0.4) is 0 Å². The van der Waals surface area contributed by atoms with Crippen LogP contribution >= 0.6 is 11.6 Å². The maximum Gasteiger partial charge on any atom is 0.238 e. The van der Waals surface area contributed by atoms with Crippen molar-refractivity contribution in [2.45, 2.75) is 49.8 Å². The van der Waals surface area contributed by atoms with Gasteiger partial charge >= 0.3 is 0 Å². The SMILES string of the molecule is CCC(CC)NC(=O)C(C)S(=O)(=O)c1ccc(Cl)cc1N. The van der Waals surface area contributed by atoms with Gasteiger partial charge in [0.15, 0.2) is 9.84 Å². The maximum atomic E-state index is 12.5. The molecule has 0 aliphatic carbocycles. The molecule has 1 aromatic rings. The summed E-state index contributed by atoms with van der Waals surface area (Å²) in [6, 6.07) is 4.10. The van der Waals surface area contributed by atoms with Gasteiger partial charge in [-0.25, -0.2) is 8.42 Å². The highest BCUT2D eigenvalue weighted by molar-refractivity contribution is 7.93. The van der Waals surface area contributed by atoms with Gasteiger partial charge < -0.3 is 11.1 Å². The van der Waals surface area contributed by atoms with Crippen molar-refractivity contribution in [3.05, 3.63) is 23.2 Å². The highest BCUT2D eigenvalue weighted by atomic mass is 35.5. The zero-order chi connectivity index (χ0) is 16.2. The van der Waals surface area contributed by atoms with Crippen LogP contribution in [0.2, 0.25) is 5.02 Å². The molecule has 21 heavy (non-hydrogen) atoms. The molecule has 3 N–H and O–H groups in total. The smallest absolute Gasteiger partial charge is 0.238 e. The summed E-state index contributed by atoms with van der Waals surface area (Å²) in [4.78, 5) is 12.0. The molecule has 1 rings (SSSR count). The number of hydrogen-bond donors (Lipinski definition) is 2. The lowest BCUT2D eigenvalue weighted by atomic mass is 10.2. The lowest BCUT2D eigenvalue weighted by Crippen LogP contribution is -2.43. The Morgan fingerprint density at radius 1 is 1.33 bits per heavy atom. The summed E-state index contributed by atoms with van der Waals surface area (Å²) < 4.78 is 25.0. The Kier molecular flexibility index (Phi) is 6.04. The fourth-order valence-electron chi connectivity index (χ4n) is 1.92. The zero-order valence-corrected chi connectivity index (χ0v) is 14.0. The maximum absolute atomic E-state index is 12.5. The molecule has 7 heteroatoms. The van der Waals surface area contributed by atoms with Crippen molar-refractivity contribution in [3.63, 3.8) is 0 Å². The van der Waals surface area contributed by atoms with Crippen LogP contribution in [0.4, 0.5) is 5.69 Å². The third-order valence-electron chi connectivity index (χ3n) is 3.45. The Bertz CT molecular complexity index is 613. The molecule has 118 valence electrons. The van der Waals surface area contributed by atoms with Gasteiger partial charge in [0.05, 0.1) is 10.6 Å². The summed E-state index contributed by atoms with van der Waals surface area (Å²) >= 11 is 5.76. The normalized spacial score (nSPS) is 13.2. The van der Waals surface area contributed by atoms with Crippen molar-refractivity contribution >= 4 is 33.0 Å². The van der Waals surface area contributed by atoms with Gasteiger partial charge in [0.2, 0.25) is 5.91 Å². The van der Waals surface area contributed by atoms with E-state index in [0.29, 0.717) is 5.02 Å². The number of benzene rings is 1. The molecule has 0 fully saturated rings. The second-order valence-electron chi connectivity index (χ2n) is 4.89. The van der Waals surface area contributed by atoms with Crippen LogP contribution in [0, 0.1) is 0 Å². The van der Waals surface area contributed by atoms with Crippen LogP contribution in [0.25, 0.3) is 0 Å². The highest BCUT2D eigenvalue weighted by Gasteiger charge is 2.32. The first-order chi connectivity index (χ1) is 9.73. The molecule has 0 spiro atoms. The number of sulfone groups is 1. The van der Waals surface area contributed by atoms with E-state index in [4.69, 9.17) is 17.3 Å². The Morgan fingerprint density at radius 3 is 2.38 bits per heavy atom. The first kappa shape index (κ1) is 17.8. The number of hydrogen-bond acceptors (Lipinski definition) is 4. The molecular weight excluding hydrogens is 312 g/mol. The number of nitrogen functional groups attached to an aromatic ring is 1. The van der Waals surface area contributed by atoms with E-state index in [1.54, 1.807) is 0 Å². The van der Waals surface area contributed by atoms with Crippen molar-refractivity contribution in [2.75, 3.05) is 5.73 Å². The number of nitrogens with one attached hydrogen (secondary N) is 1. The lowest BCUT2D eigenvalue weighted by Gasteiger charge is -2.19. The average Bonchev–Trinajstić information content (AvgIpc) is 2.43. The third-order valence-corrected chi connectivity index (χ3v) is 5.81. The molecule has 0 saturated heterocycles. The lowest BCUT2D eigenvalue weighted by molar-refractivity contribution is -0.121. The fourth-order valence-corrected chi connectivity index (χ4v) is 3.48. The number of anilines is 1. The van der Waals surface area contributed by atoms with E-state index in [-0.39, 0.29) is 16.6 Å². The van der Waals surface area contributed by atoms with Gasteiger partial charge in [-0.1, -0.05) is 25.4 Å². The average molecular weight is 333 g/mol. The summed E-state index contributed by atoms with van der Waals surface area (Å²) in [5.74, 6) is -0.516. The monoisotopic (exact) mass is 332 g/mol. The van der Waals surface area contributed by atoms with E-state index in [0.717, 1.165) is 12.8 Å². The first-order valence-corrected chi connectivity index (χ1v) is 8.75. The molecule has 1 atom stereocenters. The van der Waals surface area contributed by atoms with Crippen LogP contribution in [-0.2, 0) is 14.6 Å². The molecular formula is C14H21ClN2O3S. The predicted octanol–water partition coefficient (Wildman–Crippen LogP) is 2.39. The number of halogens is 1. The highest BCUT2D eigenvalue weighted by Crippen LogP contribution is 2.26. The Hall–Kier alpha value is -1.27. The van der Waals surface area contributed by atoms with E-state index in [2.05, 4.69) is 5.32 Å². The van der Waals surface area contributed by atoms with Crippen LogP contribution in [0.15, 0.2) is 23.1 Å². The van der Waals surface area contributed by atoms with Gasteiger partial charge in [-0.3, -0.25) is 4.79 Å². The van der Waals surface area contributed by atoms with E-state index in [1.807, 2.05) is 13.8 Å². The molecule has 0 aromatic heterocycles. The molecule has 5 nitrogen and oxygen atoms in total. The van der Waals surface area contributed by atoms with Crippen molar-refractivity contribution < 1.29 is 13.2 Å². The third kappa shape index (κ3) is 4.11. The molecule has 0 radical (unpaired) electrons. The number of rotatable bonds is 6. The van der Waals surface area contributed by atoms with Gasteiger partial charge in [0, 0.05) is 11.1 Å². The summed E-state index contributed by atoms with van der Waals surface area (Å²) in [6.07, 6.45) is 1.50. The molecule has 0 heterocycles. The Morgan fingerprint density at radius 2 is 1.90 bits per heavy atom. The summed E-state index contributed by atoms with van der Waals surface area (Å²) in [5, 5.41) is 1.88. The quantitative estimate of drug-likeness (QED) is 0.783. The number of amides is 1. The first-order valence-electron chi connectivity index (χ1n) is 6.83. The molecule has 1 aromatic carbocycles. The standard InChI is InChI=1S/C14H21ClN2O3S/c1-4-11(5-2)17-14(18)9(3)21(19,20)13-7-6-10(15)8-12(13)16/h6-9,11H,4-5,16H2,1-3H3,(H,17,18). The largest absolute Gasteiger partial charge is 0.398 e. The molecule has 1 unspecified atom stereocenters. The molecule has 0 aliphatic heterocycles. The van der Waals surface area contributed by atoms with E-state index in [1.165, 1.54) is 25.1 Å². The van der Waals surface area contributed by atoms with Crippen LogP contribution in [0.1, 0.15) is 33.6 Å². The van der Waals surface area contributed by atoms with Crippen LogP contribution in [0.5, 0.6) is 0 Å². The van der Waals surface area contributed by atoms with E-state index >= 15 is 0 Å². The molecule has 1 amide bonds. The van der Waals surface area contributed by atoms with E-state index < -0.39 is 21.0 Å². The summed E-state index contributed by atoms with van der Waals surface area (Å²) in [6.45, 7) is 5.23. The Balaban J connectivity index is 3.04. The predicted molar refractivity (Wildman–Crippen MR) is 85.0 cm³/mol. The minimum absolute atomic E-state index is 0.0299. The zero-order valence-electron chi connectivity index (χ0n) is 12.4. The second kappa shape index (κ2) is 7.13. The van der Waals surface area contributed by atoms with Gasteiger partial charge in [0.25, 0.3) is 0 Å². The molecule has 0 aliphatic rings. The van der Waals surface area contributed by atoms with Crippen molar-refractivity contribution in [2.24, 2.45) is 0 Å². The minimum atomic E-state index is -3.84. The van der Waals surface area contributed by atoms with Gasteiger partial charge in [-0.15, -0.1) is 0 Å². The molecule has 0 saturated carbocycles. The molecule has 0 bridgehead atoms. The number of carbonyl (C=O) groups is 1. The number of carbonyl (C=O) groups excluding carboxylic acids is 1. The second-order valence-corrected chi connectivity index (χ2v) is 7.56. The van der Waals surface area contributed by atoms with Gasteiger partial charge in [0.1, 0.15) is 5.25 Å². The fraction of sp³-hybridized carbons (Fsp3) is 0.500. The van der Waals surface area contributed by atoms with Crippen molar-refractivity contribution in [3.8, 4) is 0 Å². The minimum Gasteiger partial charge on any atom is -0.398 e. The summed E-state index contributed by atoms with van der Waals surface area (Å²) in [7, 11) is -3.84. The van der Waals surface area contributed by atoms with E-state index in [9.17, 15) is 13.2 Å². The van der Waals surface area contributed by atoms with Crippen molar-refractivity contribution in [1.82, 2.24) is 5.32 Å². The van der Waals surface area contributed by atoms with Gasteiger partial charge in [-0.2, -0.15) is 0 Å². The summed E-state index contributed by atoms with van der Waals surface area (Å²) in [5.41, 5.74) is 5.75. The van der Waals surface area contributed by atoms with Crippen molar-refractivity contribution in [1.29, 1.82) is 0 Å². The van der Waals surface area contributed by atoms with Crippen LogP contribution in [-0.4, -0.2) is 25.6 Å². The number of nitrogens with two attached hydrogens (primary N) is 1. The topological polar surface area (TPSA) is 89.3 Å². The van der Waals surface area contributed by atoms with Gasteiger partial charge in [-0.05, 0) is 38.0 Å².